The van der Waals surface area contributed by atoms with E-state index in [-0.39, 0.29) is 17.9 Å². The first-order valence-electron chi connectivity index (χ1n) is 8.34. The van der Waals surface area contributed by atoms with Gasteiger partial charge in [-0.1, -0.05) is 32.6 Å². The fourth-order valence-corrected chi connectivity index (χ4v) is 3.54. The van der Waals surface area contributed by atoms with Crippen molar-refractivity contribution in [3.63, 3.8) is 0 Å². The Morgan fingerprint density at radius 1 is 1.20 bits per heavy atom. The molecule has 0 spiro atoms. The second-order valence-electron chi connectivity index (χ2n) is 6.36. The summed E-state index contributed by atoms with van der Waals surface area (Å²) in [5.41, 5.74) is 0. The van der Waals surface area contributed by atoms with Crippen molar-refractivity contribution >= 4 is 5.91 Å². The highest BCUT2D eigenvalue weighted by atomic mass is 16.5. The lowest BCUT2D eigenvalue weighted by Crippen LogP contribution is -2.47. The molecule has 1 aliphatic heterocycles. The summed E-state index contributed by atoms with van der Waals surface area (Å²) in [7, 11) is 0. The van der Waals surface area contributed by atoms with Crippen molar-refractivity contribution in [1.29, 1.82) is 0 Å². The number of hydrogen-bond acceptors (Lipinski definition) is 3. The van der Waals surface area contributed by atoms with Crippen LogP contribution in [-0.2, 0) is 9.53 Å². The first kappa shape index (κ1) is 15.8. The van der Waals surface area contributed by atoms with Gasteiger partial charge in [-0.2, -0.15) is 0 Å². The molecule has 3 atom stereocenters. The lowest BCUT2D eigenvalue weighted by molar-refractivity contribution is -0.126. The number of ether oxygens (including phenoxy) is 1. The number of likely N-dealkylation sites (N-methyl/N-ethyl adjacent to an activating group) is 1. The highest BCUT2D eigenvalue weighted by Gasteiger charge is 2.34. The Kier molecular flexibility index (Phi) is 6.30. The van der Waals surface area contributed by atoms with Crippen LogP contribution < -0.4 is 10.6 Å². The van der Waals surface area contributed by atoms with Gasteiger partial charge in [-0.15, -0.1) is 0 Å². The highest BCUT2D eigenvalue weighted by molar-refractivity contribution is 5.80. The molecule has 1 heterocycles. The Labute approximate surface area is 123 Å². The number of rotatable bonds is 5. The van der Waals surface area contributed by atoms with E-state index < -0.39 is 0 Å². The van der Waals surface area contributed by atoms with Crippen molar-refractivity contribution in [3.8, 4) is 0 Å². The van der Waals surface area contributed by atoms with E-state index in [0.29, 0.717) is 25.2 Å². The zero-order chi connectivity index (χ0) is 14.4. The van der Waals surface area contributed by atoms with Crippen LogP contribution in [0.15, 0.2) is 0 Å². The summed E-state index contributed by atoms with van der Waals surface area (Å²) < 4.78 is 5.47. The molecule has 2 rings (SSSR count). The number of nitrogens with one attached hydrogen (secondary N) is 2. The second-order valence-corrected chi connectivity index (χ2v) is 6.36. The molecule has 0 aromatic heterocycles. The maximum Gasteiger partial charge on any atom is 0.227 e. The van der Waals surface area contributed by atoms with Gasteiger partial charge in [0.25, 0.3) is 0 Å². The number of carbonyl (C=O) groups excluding carboxylic acids is 1. The maximum absolute atomic E-state index is 12.4. The molecule has 116 valence electrons. The van der Waals surface area contributed by atoms with E-state index in [1.807, 2.05) is 0 Å². The van der Waals surface area contributed by atoms with Gasteiger partial charge in [0.05, 0.1) is 19.1 Å². The van der Waals surface area contributed by atoms with Gasteiger partial charge in [0.2, 0.25) is 5.91 Å². The lowest BCUT2D eigenvalue weighted by atomic mass is 9.92. The Morgan fingerprint density at radius 3 is 2.55 bits per heavy atom. The van der Waals surface area contributed by atoms with Crippen LogP contribution in [0.5, 0.6) is 0 Å². The predicted octanol–water partition coefficient (Wildman–Crippen LogP) is 2.09. The molecule has 0 aromatic rings. The van der Waals surface area contributed by atoms with Gasteiger partial charge in [0.15, 0.2) is 0 Å². The smallest absolute Gasteiger partial charge is 0.227 e. The fraction of sp³-hybridized carbons (Fsp3) is 0.938. The zero-order valence-electron chi connectivity index (χ0n) is 13.0. The van der Waals surface area contributed by atoms with Gasteiger partial charge in [0, 0.05) is 12.1 Å². The summed E-state index contributed by atoms with van der Waals surface area (Å²) in [4.78, 5) is 12.4. The van der Waals surface area contributed by atoms with Crippen LogP contribution in [0.3, 0.4) is 0 Å². The molecule has 1 saturated heterocycles. The molecule has 0 bridgehead atoms. The van der Waals surface area contributed by atoms with E-state index in [0.717, 1.165) is 6.54 Å². The SMILES string of the molecule is CCNC1COCC1C(=O)N[C@H](C)C1CCCCCC1. The molecule has 0 radical (unpaired) electrons. The molecule has 1 saturated carbocycles. The van der Waals surface area contributed by atoms with Crippen LogP contribution in [0.2, 0.25) is 0 Å². The Bertz CT molecular complexity index is 301. The van der Waals surface area contributed by atoms with Crippen LogP contribution in [0.4, 0.5) is 0 Å². The molecular formula is C16H30N2O2. The highest BCUT2D eigenvalue weighted by Crippen LogP contribution is 2.26. The molecule has 2 N–H and O–H groups in total. The van der Waals surface area contributed by atoms with Crippen molar-refractivity contribution < 1.29 is 9.53 Å². The van der Waals surface area contributed by atoms with E-state index in [2.05, 4.69) is 24.5 Å². The van der Waals surface area contributed by atoms with Gasteiger partial charge in [0.1, 0.15) is 0 Å². The first-order chi connectivity index (χ1) is 9.72. The standard InChI is InChI=1S/C16H30N2O2/c1-3-17-15-11-20-10-14(15)16(19)18-12(2)13-8-6-4-5-7-9-13/h12-15,17H,3-11H2,1-2H3,(H,18,19)/t12-,14?,15?/m1/s1. The maximum atomic E-state index is 12.4. The molecule has 4 heteroatoms. The van der Waals surface area contributed by atoms with Gasteiger partial charge in [-0.05, 0) is 32.2 Å². The number of amides is 1. The molecule has 20 heavy (non-hydrogen) atoms. The zero-order valence-corrected chi connectivity index (χ0v) is 13.0. The van der Waals surface area contributed by atoms with E-state index >= 15 is 0 Å². The predicted molar refractivity (Wildman–Crippen MR) is 80.6 cm³/mol. The van der Waals surface area contributed by atoms with Gasteiger partial charge in [-0.25, -0.2) is 0 Å². The topological polar surface area (TPSA) is 50.4 Å². The molecule has 4 nitrogen and oxygen atoms in total. The Hall–Kier alpha value is -0.610. The minimum Gasteiger partial charge on any atom is -0.379 e. The second kappa shape index (κ2) is 7.99. The van der Waals surface area contributed by atoms with Gasteiger partial charge >= 0.3 is 0 Å². The third kappa shape index (κ3) is 4.19. The largest absolute Gasteiger partial charge is 0.379 e. The van der Waals surface area contributed by atoms with Crippen molar-refractivity contribution in [1.82, 2.24) is 10.6 Å². The lowest BCUT2D eigenvalue weighted by Gasteiger charge is -2.26. The van der Waals surface area contributed by atoms with Crippen molar-refractivity contribution in [3.05, 3.63) is 0 Å². The molecule has 0 aromatic carbocycles. The molecule has 2 unspecified atom stereocenters. The van der Waals surface area contributed by atoms with E-state index in [4.69, 9.17) is 4.74 Å². The Morgan fingerprint density at radius 2 is 1.90 bits per heavy atom. The summed E-state index contributed by atoms with van der Waals surface area (Å²) in [5.74, 6) is 0.801. The van der Waals surface area contributed by atoms with Crippen molar-refractivity contribution in [2.24, 2.45) is 11.8 Å². The monoisotopic (exact) mass is 282 g/mol. The quantitative estimate of drug-likeness (QED) is 0.759. The average molecular weight is 282 g/mol. The fourth-order valence-electron chi connectivity index (χ4n) is 3.54. The summed E-state index contributed by atoms with van der Waals surface area (Å²) >= 11 is 0. The summed E-state index contributed by atoms with van der Waals surface area (Å²) in [6, 6.07) is 0.477. The molecule has 1 amide bonds. The summed E-state index contributed by atoms with van der Waals surface area (Å²) in [5, 5.41) is 6.60. The van der Waals surface area contributed by atoms with Crippen LogP contribution in [0, 0.1) is 11.8 Å². The first-order valence-corrected chi connectivity index (χ1v) is 8.34. The van der Waals surface area contributed by atoms with E-state index in [1.165, 1.54) is 38.5 Å². The molecular weight excluding hydrogens is 252 g/mol. The number of hydrogen-bond donors (Lipinski definition) is 2. The Balaban J connectivity index is 1.83. The summed E-state index contributed by atoms with van der Waals surface area (Å²) in [6.07, 6.45) is 7.87. The average Bonchev–Trinajstić information content (AvgIpc) is 2.73. The van der Waals surface area contributed by atoms with E-state index in [9.17, 15) is 4.79 Å². The molecule has 2 aliphatic rings. The van der Waals surface area contributed by atoms with Crippen LogP contribution >= 0.6 is 0 Å². The van der Waals surface area contributed by atoms with Crippen molar-refractivity contribution in [2.45, 2.75) is 64.5 Å². The third-order valence-corrected chi connectivity index (χ3v) is 4.86. The molecule has 1 aliphatic carbocycles. The number of carbonyl (C=O) groups is 1. The normalized spacial score (nSPS) is 29.9. The third-order valence-electron chi connectivity index (χ3n) is 4.86. The van der Waals surface area contributed by atoms with Gasteiger partial charge in [-0.3, -0.25) is 4.79 Å². The van der Waals surface area contributed by atoms with Crippen LogP contribution in [-0.4, -0.2) is 37.7 Å². The molecule has 2 fully saturated rings. The van der Waals surface area contributed by atoms with Crippen LogP contribution in [0.25, 0.3) is 0 Å². The van der Waals surface area contributed by atoms with E-state index in [1.54, 1.807) is 0 Å². The van der Waals surface area contributed by atoms with Crippen LogP contribution in [0.1, 0.15) is 52.4 Å². The van der Waals surface area contributed by atoms with Crippen molar-refractivity contribution in [2.75, 3.05) is 19.8 Å². The minimum atomic E-state index is -0.0248. The minimum absolute atomic E-state index is 0.0248. The van der Waals surface area contributed by atoms with Gasteiger partial charge < -0.3 is 15.4 Å². The summed E-state index contributed by atoms with van der Waals surface area (Å²) in [6.45, 7) is 6.34.